The second kappa shape index (κ2) is 7.32. The quantitative estimate of drug-likeness (QED) is 0.678. The summed E-state index contributed by atoms with van der Waals surface area (Å²) in [6, 6.07) is 13.0. The average Bonchev–Trinajstić information content (AvgIpc) is 2.61. The van der Waals surface area contributed by atoms with Gasteiger partial charge in [-0.05, 0) is 30.7 Å². The number of aromatic nitrogens is 3. The van der Waals surface area contributed by atoms with Crippen LogP contribution in [-0.2, 0) is 6.54 Å². The van der Waals surface area contributed by atoms with Crippen LogP contribution >= 0.6 is 0 Å². The lowest BCUT2D eigenvalue weighted by molar-refractivity contribution is 0.101. The van der Waals surface area contributed by atoms with Crippen molar-refractivity contribution in [3.63, 3.8) is 0 Å². The van der Waals surface area contributed by atoms with Crippen molar-refractivity contribution in [1.29, 1.82) is 0 Å². The highest BCUT2D eigenvalue weighted by Crippen LogP contribution is 2.18. The van der Waals surface area contributed by atoms with Crippen LogP contribution in [0.4, 0.5) is 17.3 Å². The minimum absolute atomic E-state index is 0.0279. The van der Waals surface area contributed by atoms with Crippen LogP contribution < -0.4 is 10.6 Å². The van der Waals surface area contributed by atoms with Crippen molar-refractivity contribution >= 4 is 23.1 Å². The summed E-state index contributed by atoms with van der Waals surface area (Å²) in [6.07, 6.45) is 5.04. The Bertz CT molecular complexity index is 836. The Kier molecular flexibility index (Phi) is 4.76. The molecule has 6 heteroatoms. The summed E-state index contributed by atoms with van der Waals surface area (Å²) in [6.45, 7) is 2.17. The van der Waals surface area contributed by atoms with E-state index in [-0.39, 0.29) is 5.78 Å². The van der Waals surface area contributed by atoms with E-state index in [1.165, 1.54) is 6.33 Å². The standard InChI is InChI=1S/C18H17N5O/c1-13(24)15-5-2-6-16(8-15)23-18-9-17(21-12-22-18)20-11-14-4-3-7-19-10-14/h2-10,12H,11H2,1H3,(H2,20,21,22,23). The van der Waals surface area contributed by atoms with Gasteiger partial charge in [-0.2, -0.15) is 0 Å². The topological polar surface area (TPSA) is 79.8 Å². The van der Waals surface area contributed by atoms with Gasteiger partial charge in [0.15, 0.2) is 5.78 Å². The van der Waals surface area contributed by atoms with Gasteiger partial charge in [0.2, 0.25) is 0 Å². The number of hydrogen-bond donors (Lipinski definition) is 2. The highest BCUT2D eigenvalue weighted by atomic mass is 16.1. The second-order valence-corrected chi connectivity index (χ2v) is 5.27. The fourth-order valence-corrected chi connectivity index (χ4v) is 2.18. The first-order chi connectivity index (χ1) is 11.7. The van der Waals surface area contributed by atoms with Crippen LogP contribution in [0, 0.1) is 0 Å². The lowest BCUT2D eigenvalue weighted by Gasteiger charge is -2.09. The first-order valence-electron chi connectivity index (χ1n) is 7.53. The largest absolute Gasteiger partial charge is 0.366 e. The van der Waals surface area contributed by atoms with Gasteiger partial charge in [0, 0.05) is 36.3 Å². The number of nitrogens with zero attached hydrogens (tertiary/aromatic N) is 3. The predicted molar refractivity (Wildman–Crippen MR) is 93.3 cm³/mol. The first kappa shape index (κ1) is 15.6. The van der Waals surface area contributed by atoms with Crippen molar-refractivity contribution < 1.29 is 4.79 Å². The van der Waals surface area contributed by atoms with E-state index in [1.54, 1.807) is 31.5 Å². The highest BCUT2D eigenvalue weighted by molar-refractivity contribution is 5.95. The number of nitrogens with one attached hydrogen (secondary N) is 2. The van der Waals surface area contributed by atoms with Crippen LogP contribution in [0.25, 0.3) is 0 Å². The molecule has 6 nitrogen and oxygen atoms in total. The molecule has 3 aromatic rings. The Morgan fingerprint density at radius 2 is 1.96 bits per heavy atom. The first-order valence-corrected chi connectivity index (χ1v) is 7.53. The van der Waals surface area contributed by atoms with Crippen LogP contribution in [0.5, 0.6) is 0 Å². The molecule has 0 saturated heterocycles. The molecule has 0 unspecified atom stereocenters. The molecule has 0 fully saturated rings. The lowest BCUT2D eigenvalue weighted by Crippen LogP contribution is -2.03. The molecule has 2 aromatic heterocycles. The number of carbonyl (C=O) groups excluding carboxylic acids is 1. The van der Waals surface area contributed by atoms with Gasteiger partial charge in [-0.1, -0.05) is 18.2 Å². The number of benzene rings is 1. The molecule has 0 bridgehead atoms. The van der Waals surface area contributed by atoms with Crippen molar-refractivity contribution in [2.24, 2.45) is 0 Å². The van der Waals surface area contributed by atoms with E-state index >= 15 is 0 Å². The number of pyridine rings is 1. The Morgan fingerprint density at radius 3 is 2.75 bits per heavy atom. The molecule has 0 amide bonds. The monoisotopic (exact) mass is 319 g/mol. The fourth-order valence-electron chi connectivity index (χ4n) is 2.18. The summed E-state index contributed by atoms with van der Waals surface area (Å²) in [5, 5.41) is 6.41. The van der Waals surface area contributed by atoms with Crippen molar-refractivity contribution in [2.45, 2.75) is 13.5 Å². The molecule has 3 rings (SSSR count). The molecule has 0 saturated carbocycles. The molecule has 1 aromatic carbocycles. The van der Waals surface area contributed by atoms with Crippen molar-refractivity contribution in [1.82, 2.24) is 15.0 Å². The van der Waals surface area contributed by atoms with Gasteiger partial charge in [-0.25, -0.2) is 9.97 Å². The molecule has 0 radical (unpaired) electrons. The second-order valence-electron chi connectivity index (χ2n) is 5.27. The van der Waals surface area contributed by atoms with Gasteiger partial charge in [0.25, 0.3) is 0 Å². The third kappa shape index (κ3) is 4.13. The van der Waals surface area contributed by atoms with Crippen molar-refractivity contribution in [3.05, 3.63) is 72.3 Å². The molecule has 0 aliphatic rings. The summed E-state index contributed by atoms with van der Waals surface area (Å²) >= 11 is 0. The maximum Gasteiger partial charge on any atom is 0.159 e. The van der Waals surface area contributed by atoms with Gasteiger partial charge in [-0.15, -0.1) is 0 Å². The van der Waals surface area contributed by atoms with Crippen LogP contribution in [0.3, 0.4) is 0 Å². The SMILES string of the molecule is CC(=O)c1cccc(Nc2cc(NCc3cccnc3)ncn2)c1. The number of anilines is 3. The number of Topliss-reactive ketones (excluding diaryl/α,β-unsaturated/α-hetero) is 1. The molecule has 0 aliphatic carbocycles. The molecule has 2 heterocycles. The van der Waals surface area contributed by atoms with Gasteiger partial charge in [0.1, 0.15) is 18.0 Å². The van der Waals surface area contributed by atoms with E-state index < -0.39 is 0 Å². The smallest absolute Gasteiger partial charge is 0.159 e. The van der Waals surface area contributed by atoms with Gasteiger partial charge < -0.3 is 10.6 Å². The van der Waals surface area contributed by atoms with E-state index in [2.05, 4.69) is 25.6 Å². The average molecular weight is 319 g/mol. The molecule has 0 atom stereocenters. The summed E-state index contributed by atoms with van der Waals surface area (Å²) < 4.78 is 0. The summed E-state index contributed by atoms with van der Waals surface area (Å²) in [5.41, 5.74) is 2.53. The number of carbonyl (C=O) groups is 1. The van der Waals surface area contributed by atoms with E-state index in [4.69, 9.17) is 0 Å². The molecule has 0 spiro atoms. The van der Waals surface area contributed by atoms with Crippen LogP contribution in [0.1, 0.15) is 22.8 Å². The molecular weight excluding hydrogens is 302 g/mol. The van der Waals surface area contributed by atoms with E-state index in [1.807, 2.05) is 30.3 Å². The summed E-state index contributed by atoms with van der Waals surface area (Å²) in [5.74, 6) is 1.39. The van der Waals surface area contributed by atoms with Gasteiger partial charge in [0.05, 0.1) is 0 Å². The Hall–Kier alpha value is -3.28. The fraction of sp³-hybridized carbons (Fsp3) is 0.111. The van der Waals surface area contributed by atoms with E-state index in [0.717, 1.165) is 11.3 Å². The minimum atomic E-state index is 0.0279. The van der Waals surface area contributed by atoms with Crippen molar-refractivity contribution in [3.8, 4) is 0 Å². The van der Waals surface area contributed by atoms with Gasteiger partial charge in [-0.3, -0.25) is 9.78 Å². The van der Waals surface area contributed by atoms with Gasteiger partial charge >= 0.3 is 0 Å². The maximum atomic E-state index is 11.5. The molecule has 2 N–H and O–H groups in total. The Balaban J connectivity index is 1.69. The molecule has 0 aliphatic heterocycles. The predicted octanol–water partition coefficient (Wildman–Crippen LogP) is 3.43. The van der Waals surface area contributed by atoms with Crippen LogP contribution in [0.2, 0.25) is 0 Å². The molecule has 120 valence electrons. The Morgan fingerprint density at radius 1 is 1.08 bits per heavy atom. The third-order valence-corrected chi connectivity index (χ3v) is 3.41. The summed E-state index contributed by atoms with van der Waals surface area (Å²) in [4.78, 5) is 23.9. The Labute approximate surface area is 140 Å². The normalized spacial score (nSPS) is 10.2. The van der Waals surface area contributed by atoms with Crippen molar-refractivity contribution in [2.75, 3.05) is 10.6 Å². The van der Waals surface area contributed by atoms with Crippen LogP contribution in [-0.4, -0.2) is 20.7 Å². The lowest BCUT2D eigenvalue weighted by atomic mass is 10.1. The maximum absolute atomic E-state index is 11.5. The van der Waals surface area contributed by atoms with E-state index in [9.17, 15) is 4.79 Å². The molecule has 24 heavy (non-hydrogen) atoms. The third-order valence-electron chi connectivity index (χ3n) is 3.41. The van der Waals surface area contributed by atoms with Crippen LogP contribution in [0.15, 0.2) is 61.2 Å². The van der Waals surface area contributed by atoms with E-state index in [0.29, 0.717) is 23.7 Å². The zero-order valence-corrected chi connectivity index (χ0v) is 13.2. The number of hydrogen-bond acceptors (Lipinski definition) is 6. The molecular formula is C18H17N5O. The number of rotatable bonds is 6. The zero-order chi connectivity index (χ0) is 16.8. The number of ketones is 1. The highest BCUT2D eigenvalue weighted by Gasteiger charge is 2.03. The summed E-state index contributed by atoms with van der Waals surface area (Å²) in [7, 11) is 0. The zero-order valence-electron chi connectivity index (χ0n) is 13.2. The minimum Gasteiger partial charge on any atom is -0.366 e.